The first-order valence-corrected chi connectivity index (χ1v) is 11.4. The van der Waals surface area contributed by atoms with Crippen LogP contribution in [0.5, 0.6) is 11.5 Å². The molecule has 4 rings (SSSR count). The number of hydrogen-bond donors (Lipinski definition) is 0. The molecule has 9 heteroatoms. The molecule has 0 N–H and O–H groups in total. The number of pyridine rings is 2. The quantitative estimate of drug-likeness (QED) is 0.180. The van der Waals surface area contributed by atoms with Gasteiger partial charge in [0.25, 0.3) is 0 Å². The number of alkyl halides is 3. The third-order valence-corrected chi connectivity index (χ3v) is 5.49. The van der Waals surface area contributed by atoms with Gasteiger partial charge in [-0.3, -0.25) is 9.78 Å². The van der Waals surface area contributed by atoms with Gasteiger partial charge in [0, 0.05) is 37.0 Å². The molecule has 37 heavy (non-hydrogen) atoms. The van der Waals surface area contributed by atoms with E-state index >= 15 is 0 Å². The maximum Gasteiger partial charge on any atom is 0.573 e. The first-order chi connectivity index (χ1) is 17.7. The Morgan fingerprint density at radius 1 is 0.892 bits per heavy atom. The second-order valence-electron chi connectivity index (χ2n) is 8.25. The van der Waals surface area contributed by atoms with Crippen LogP contribution in [-0.2, 0) is 24.2 Å². The molecular formula is C28H22F4N2O3. The van der Waals surface area contributed by atoms with Crippen molar-refractivity contribution in [1.82, 2.24) is 9.97 Å². The Bertz CT molecular complexity index is 1330. The van der Waals surface area contributed by atoms with E-state index in [1.165, 1.54) is 30.5 Å². The van der Waals surface area contributed by atoms with Crippen LogP contribution in [0.3, 0.4) is 0 Å². The highest BCUT2D eigenvalue weighted by Gasteiger charge is 2.31. The molecule has 4 aromatic rings. The monoisotopic (exact) mass is 510 g/mol. The summed E-state index contributed by atoms with van der Waals surface area (Å²) < 4.78 is 61.2. The number of carbonyl (C=O) groups excluding carboxylic acids is 1. The maximum absolute atomic E-state index is 13.3. The number of benzene rings is 2. The van der Waals surface area contributed by atoms with Crippen molar-refractivity contribution in [3.8, 4) is 22.6 Å². The van der Waals surface area contributed by atoms with E-state index in [-0.39, 0.29) is 12.4 Å². The highest BCUT2D eigenvalue weighted by molar-refractivity contribution is 5.81. The Morgan fingerprint density at radius 2 is 1.68 bits per heavy atom. The van der Waals surface area contributed by atoms with Gasteiger partial charge in [0.05, 0.1) is 0 Å². The number of carbonyl (C=O) groups is 1. The fraction of sp³-hybridized carbons (Fsp3) is 0.179. The van der Waals surface area contributed by atoms with Crippen molar-refractivity contribution in [3.63, 3.8) is 0 Å². The van der Waals surface area contributed by atoms with Crippen LogP contribution in [-0.4, -0.2) is 22.1 Å². The molecule has 2 heterocycles. The van der Waals surface area contributed by atoms with Gasteiger partial charge in [-0.05, 0) is 71.1 Å². The molecule has 2 aromatic carbocycles. The van der Waals surface area contributed by atoms with Gasteiger partial charge < -0.3 is 9.47 Å². The van der Waals surface area contributed by atoms with Gasteiger partial charge in [0.2, 0.25) is 5.95 Å². The molecule has 0 atom stereocenters. The van der Waals surface area contributed by atoms with Gasteiger partial charge in [-0.1, -0.05) is 24.3 Å². The van der Waals surface area contributed by atoms with Gasteiger partial charge in [-0.15, -0.1) is 13.2 Å². The summed E-state index contributed by atoms with van der Waals surface area (Å²) in [7, 11) is 0. The summed E-state index contributed by atoms with van der Waals surface area (Å²) in [5.74, 6) is -0.491. The Hall–Kier alpha value is -4.27. The van der Waals surface area contributed by atoms with Crippen LogP contribution in [0.25, 0.3) is 11.1 Å². The summed E-state index contributed by atoms with van der Waals surface area (Å²) in [6.45, 7) is 0.0302. The largest absolute Gasteiger partial charge is 0.573 e. The van der Waals surface area contributed by atoms with E-state index < -0.39 is 18.1 Å². The number of ketones is 1. The van der Waals surface area contributed by atoms with Crippen LogP contribution in [0.15, 0.2) is 85.3 Å². The fourth-order valence-corrected chi connectivity index (χ4v) is 3.69. The van der Waals surface area contributed by atoms with Crippen molar-refractivity contribution in [3.05, 3.63) is 108 Å². The molecule has 0 aliphatic carbocycles. The summed E-state index contributed by atoms with van der Waals surface area (Å²) in [4.78, 5) is 20.0. The molecular weight excluding hydrogens is 488 g/mol. The van der Waals surface area contributed by atoms with E-state index in [9.17, 15) is 22.4 Å². The van der Waals surface area contributed by atoms with Gasteiger partial charge in [-0.25, -0.2) is 4.98 Å². The summed E-state index contributed by atoms with van der Waals surface area (Å²) >= 11 is 0. The molecule has 0 saturated carbocycles. The van der Waals surface area contributed by atoms with E-state index in [4.69, 9.17) is 4.74 Å². The lowest BCUT2D eigenvalue weighted by Gasteiger charge is -2.15. The molecule has 2 aromatic heterocycles. The lowest BCUT2D eigenvalue weighted by Crippen LogP contribution is -2.17. The minimum atomic E-state index is -4.85. The highest BCUT2D eigenvalue weighted by Crippen LogP contribution is 2.31. The highest BCUT2D eigenvalue weighted by atomic mass is 19.4. The number of aromatic nitrogens is 2. The van der Waals surface area contributed by atoms with Crippen molar-refractivity contribution in [2.75, 3.05) is 0 Å². The third-order valence-electron chi connectivity index (χ3n) is 5.49. The second-order valence-corrected chi connectivity index (χ2v) is 8.25. The summed E-state index contributed by atoms with van der Waals surface area (Å²) in [5.41, 5.74) is 3.18. The predicted molar refractivity (Wildman–Crippen MR) is 128 cm³/mol. The Kier molecular flexibility index (Phi) is 8.12. The zero-order chi connectivity index (χ0) is 26.3. The minimum absolute atomic E-state index is 0.0302. The average Bonchev–Trinajstić information content (AvgIpc) is 2.88. The summed E-state index contributed by atoms with van der Waals surface area (Å²) in [6, 6.07) is 17.2. The molecule has 0 bridgehead atoms. The maximum atomic E-state index is 13.3. The topological polar surface area (TPSA) is 61.3 Å². The zero-order valence-electron chi connectivity index (χ0n) is 19.5. The lowest BCUT2D eigenvalue weighted by molar-refractivity contribution is -0.274. The summed E-state index contributed by atoms with van der Waals surface area (Å²) in [6.07, 6.45) is 1.15. The minimum Gasteiger partial charge on any atom is -0.489 e. The standard InChI is InChI=1S/C28H22F4N2O3/c29-27-12-7-21(17-34-27)26-15-25(37-28(30,31)32)11-6-22(26)18-36-24-9-4-19(5-10-24)14-23(35)8-3-20-2-1-13-33-16-20/h1-2,4-7,9-13,15-17H,3,8,14,18H2. The fourth-order valence-electron chi connectivity index (χ4n) is 3.69. The van der Waals surface area contributed by atoms with Crippen LogP contribution < -0.4 is 9.47 Å². The molecule has 0 aliphatic rings. The number of hydrogen-bond acceptors (Lipinski definition) is 5. The number of Topliss-reactive ketones (excluding diaryl/α,β-unsaturated/α-hetero) is 1. The van der Waals surface area contributed by atoms with Gasteiger partial charge in [0.15, 0.2) is 0 Å². The zero-order valence-corrected chi connectivity index (χ0v) is 19.5. The number of rotatable bonds is 10. The Morgan fingerprint density at radius 3 is 2.35 bits per heavy atom. The predicted octanol–water partition coefficient (Wildman–Crippen LogP) is 6.50. The van der Waals surface area contributed by atoms with Crippen molar-refractivity contribution in [2.24, 2.45) is 0 Å². The molecule has 0 radical (unpaired) electrons. The third kappa shape index (κ3) is 7.86. The molecule has 5 nitrogen and oxygen atoms in total. The molecule has 190 valence electrons. The van der Waals surface area contributed by atoms with Crippen molar-refractivity contribution in [1.29, 1.82) is 0 Å². The van der Waals surface area contributed by atoms with Crippen LogP contribution in [0.1, 0.15) is 23.1 Å². The van der Waals surface area contributed by atoms with Gasteiger partial charge >= 0.3 is 6.36 Å². The SMILES string of the molecule is O=C(CCc1cccnc1)Cc1ccc(OCc2ccc(OC(F)(F)F)cc2-c2ccc(F)nc2)cc1. The second kappa shape index (κ2) is 11.6. The van der Waals surface area contributed by atoms with E-state index in [1.54, 1.807) is 36.7 Å². The van der Waals surface area contributed by atoms with Crippen LogP contribution in [0.2, 0.25) is 0 Å². The molecule has 0 saturated heterocycles. The molecule has 0 spiro atoms. The van der Waals surface area contributed by atoms with Crippen molar-refractivity contribution < 1.29 is 31.8 Å². The number of aryl methyl sites for hydroxylation is 1. The smallest absolute Gasteiger partial charge is 0.489 e. The lowest BCUT2D eigenvalue weighted by atomic mass is 10.0. The van der Waals surface area contributed by atoms with Crippen LogP contribution >= 0.6 is 0 Å². The molecule has 0 fully saturated rings. The van der Waals surface area contributed by atoms with E-state index in [0.717, 1.165) is 17.2 Å². The molecule has 0 aliphatic heterocycles. The van der Waals surface area contributed by atoms with Crippen molar-refractivity contribution >= 4 is 5.78 Å². The van der Waals surface area contributed by atoms with Gasteiger partial charge in [0.1, 0.15) is 23.9 Å². The van der Waals surface area contributed by atoms with Crippen LogP contribution in [0, 0.1) is 5.95 Å². The normalized spacial score (nSPS) is 11.2. The Balaban J connectivity index is 1.40. The van der Waals surface area contributed by atoms with Crippen LogP contribution in [0.4, 0.5) is 17.6 Å². The molecule has 0 unspecified atom stereocenters. The number of ether oxygens (including phenoxy) is 2. The first kappa shape index (κ1) is 25.8. The first-order valence-electron chi connectivity index (χ1n) is 11.4. The molecule has 0 amide bonds. The van der Waals surface area contributed by atoms with E-state index in [0.29, 0.717) is 41.7 Å². The number of halogens is 4. The van der Waals surface area contributed by atoms with E-state index in [2.05, 4.69) is 14.7 Å². The summed E-state index contributed by atoms with van der Waals surface area (Å²) in [5, 5.41) is 0. The van der Waals surface area contributed by atoms with E-state index in [1.807, 2.05) is 12.1 Å². The Labute approximate surface area is 210 Å². The van der Waals surface area contributed by atoms with Crippen molar-refractivity contribution in [2.45, 2.75) is 32.2 Å². The number of nitrogens with zero attached hydrogens (tertiary/aromatic N) is 2. The van der Waals surface area contributed by atoms with Gasteiger partial charge in [-0.2, -0.15) is 4.39 Å². The average molecular weight is 510 g/mol.